The number of rotatable bonds is 2. The van der Waals surface area contributed by atoms with E-state index in [9.17, 15) is 14.7 Å². The van der Waals surface area contributed by atoms with E-state index in [1.165, 1.54) is 5.57 Å². The summed E-state index contributed by atoms with van der Waals surface area (Å²) < 4.78 is 0. The molecule has 2 aliphatic rings. The number of aliphatic hydroxyl groups excluding tert-OH is 1. The standard InChI is InChI=1S/C15H22O3/c1-9(8-16)14-13(18)5-4-11-7-12(17)6-10(2)15(11,14)3/h7-10,12,14,17H,4-6H2,1-3H3/t9?,10-,12-,14-,15+/m0/s1. The van der Waals surface area contributed by atoms with Crippen molar-refractivity contribution >= 4 is 12.1 Å². The van der Waals surface area contributed by atoms with Gasteiger partial charge in [0.15, 0.2) is 0 Å². The second kappa shape index (κ2) is 4.61. The van der Waals surface area contributed by atoms with Crippen molar-refractivity contribution in [1.82, 2.24) is 0 Å². The molecule has 18 heavy (non-hydrogen) atoms. The lowest BCUT2D eigenvalue weighted by Crippen LogP contribution is -2.49. The molecule has 2 rings (SSSR count). The van der Waals surface area contributed by atoms with Crippen molar-refractivity contribution in [1.29, 1.82) is 0 Å². The number of aldehydes is 1. The number of allylic oxidation sites excluding steroid dienone is 1. The highest BCUT2D eigenvalue weighted by atomic mass is 16.3. The van der Waals surface area contributed by atoms with Gasteiger partial charge in [-0.3, -0.25) is 4.79 Å². The molecule has 2 aliphatic carbocycles. The van der Waals surface area contributed by atoms with Crippen LogP contribution in [-0.2, 0) is 9.59 Å². The van der Waals surface area contributed by atoms with Crippen molar-refractivity contribution < 1.29 is 14.7 Å². The number of fused-ring (bicyclic) bond motifs is 1. The monoisotopic (exact) mass is 250 g/mol. The van der Waals surface area contributed by atoms with E-state index >= 15 is 0 Å². The highest BCUT2D eigenvalue weighted by Gasteiger charge is 2.51. The maximum atomic E-state index is 12.2. The minimum Gasteiger partial charge on any atom is -0.389 e. The van der Waals surface area contributed by atoms with Crippen LogP contribution in [0.4, 0.5) is 0 Å². The van der Waals surface area contributed by atoms with Gasteiger partial charge in [-0.15, -0.1) is 0 Å². The van der Waals surface area contributed by atoms with E-state index in [-0.39, 0.29) is 29.0 Å². The van der Waals surface area contributed by atoms with Crippen LogP contribution in [0.5, 0.6) is 0 Å². The van der Waals surface area contributed by atoms with Crippen LogP contribution in [0.1, 0.15) is 40.0 Å². The Morgan fingerprint density at radius 2 is 2.17 bits per heavy atom. The fourth-order valence-electron chi connectivity index (χ4n) is 3.93. The van der Waals surface area contributed by atoms with Crippen LogP contribution in [-0.4, -0.2) is 23.3 Å². The van der Waals surface area contributed by atoms with Gasteiger partial charge < -0.3 is 9.90 Å². The average molecular weight is 250 g/mol. The molecule has 0 amide bonds. The van der Waals surface area contributed by atoms with Crippen molar-refractivity contribution in [3.63, 3.8) is 0 Å². The molecule has 100 valence electrons. The Morgan fingerprint density at radius 1 is 1.50 bits per heavy atom. The van der Waals surface area contributed by atoms with Crippen LogP contribution in [0, 0.1) is 23.2 Å². The maximum absolute atomic E-state index is 12.2. The molecule has 1 N–H and O–H groups in total. The highest BCUT2D eigenvalue weighted by Crippen LogP contribution is 2.54. The van der Waals surface area contributed by atoms with Gasteiger partial charge in [-0.2, -0.15) is 0 Å². The number of ketones is 1. The largest absolute Gasteiger partial charge is 0.389 e. The van der Waals surface area contributed by atoms with Gasteiger partial charge >= 0.3 is 0 Å². The van der Waals surface area contributed by atoms with Gasteiger partial charge in [0.05, 0.1) is 6.10 Å². The summed E-state index contributed by atoms with van der Waals surface area (Å²) in [6, 6.07) is 0. The van der Waals surface area contributed by atoms with Gasteiger partial charge in [0.1, 0.15) is 12.1 Å². The summed E-state index contributed by atoms with van der Waals surface area (Å²) in [6.07, 6.45) is 4.33. The molecule has 0 saturated heterocycles. The summed E-state index contributed by atoms with van der Waals surface area (Å²) in [5.41, 5.74) is 0.918. The molecular weight excluding hydrogens is 228 g/mol. The number of carbonyl (C=O) groups excluding carboxylic acids is 2. The molecule has 3 heteroatoms. The summed E-state index contributed by atoms with van der Waals surface area (Å²) >= 11 is 0. The van der Waals surface area contributed by atoms with Gasteiger partial charge in [0, 0.05) is 23.7 Å². The lowest BCUT2D eigenvalue weighted by Gasteiger charge is -2.51. The molecule has 0 aromatic heterocycles. The third-order valence-corrected chi connectivity index (χ3v) is 5.08. The Bertz CT molecular complexity index is 399. The van der Waals surface area contributed by atoms with Gasteiger partial charge in [-0.05, 0) is 18.8 Å². The zero-order valence-electron chi connectivity index (χ0n) is 11.3. The molecule has 0 spiro atoms. The first-order chi connectivity index (χ1) is 8.41. The van der Waals surface area contributed by atoms with E-state index in [0.29, 0.717) is 12.8 Å². The Labute approximate surface area is 108 Å². The van der Waals surface area contributed by atoms with Crippen molar-refractivity contribution in [2.75, 3.05) is 0 Å². The Balaban J connectivity index is 2.47. The van der Waals surface area contributed by atoms with Crippen LogP contribution in [0.15, 0.2) is 11.6 Å². The van der Waals surface area contributed by atoms with Crippen molar-refractivity contribution in [3.8, 4) is 0 Å². The Kier molecular flexibility index (Phi) is 3.45. The fourth-order valence-corrected chi connectivity index (χ4v) is 3.93. The summed E-state index contributed by atoms with van der Waals surface area (Å²) in [4.78, 5) is 23.3. The van der Waals surface area contributed by atoms with E-state index in [1.807, 2.05) is 13.0 Å². The minimum absolute atomic E-state index is 0.206. The van der Waals surface area contributed by atoms with Gasteiger partial charge in [0.25, 0.3) is 0 Å². The molecule has 1 fully saturated rings. The van der Waals surface area contributed by atoms with Crippen molar-refractivity contribution in [2.45, 2.75) is 46.1 Å². The Morgan fingerprint density at radius 3 is 2.78 bits per heavy atom. The minimum atomic E-state index is -0.400. The summed E-state index contributed by atoms with van der Waals surface area (Å²) in [5.74, 6) is -0.0389. The van der Waals surface area contributed by atoms with E-state index in [4.69, 9.17) is 0 Å². The van der Waals surface area contributed by atoms with Gasteiger partial charge in [-0.1, -0.05) is 32.4 Å². The molecule has 1 unspecified atom stereocenters. The zero-order chi connectivity index (χ0) is 13.5. The topological polar surface area (TPSA) is 54.4 Å². The van der Waals surface area contributed by atoms with Crippen molar-refractivity contribution in [2.24, 2.45) is 23.2 Å². The van der Waals surface area contributed by atoms with Crippen LogP contribution in [0.25, 0.3) is 0 Å². The second-order valence-electron chi connectivity index (χ2n) is 6.12. The van der Waals surface area contributed by atoms with Crippen LogP contribution in [0.2, 0.25) is 0 Å². The molecule has 0 heterocycles. The zero-order valence-corrected chi connectivity index (χ0v) is 11.3. The lowest BCUT2D eigenvalue weighted by molar-refractivity contribution is -0.136. The predicted molar refractivity (Wildman–Crippen MR) is 68.9 cm³/mol. The number of hydrogen-bond acceptors (Lipinski definition) is 3. The molecule has 5 atom stereocenters. The van der Waals surface area contributed by atoms with Crippen LogP contribution >= 0.6 is 0 Å². The molecule has 0 aromatic rings. The first kappa shape index (κ1) is 13.5. The molecule has 3 nitrogen and oxygen atoms in total. The number of carbonyl (C=O) groups is 2. The van der Waals surface area contributed by atoms with E-state index < -0.39 is 6.10 Å². The molecule has 0 bridgehead atoms. The third-order valence-electron chi connectivity index (χ3n) is 5.08. The molecule has 0 radical (unpaired) electrons. The smallest absolute Gasteiger partial charge is 0.137 e. The lowest BCUT2D eigenvalue weighted by atomic mass is 9.52. The predicted octanol–water partition coefficient (Wildman–Crippen LogP) is 2.13. The van der Waals surface area contributed by atoms with Crippen LogP contribution in [0.3, 0.4) is 0 Å². The number of aliphatic hydroxyl groups is 1. The molecule has 0 aliphatic heterocycles. The normalized spacial score (nSPS) is 41.9. The van der Waals surface area contributed by atoms with E-state index in [1.54, 1.807) is 0 Å². The first-order valence-corrected chi connectivity index (χ1v) is 6.78. The van der Waals surface area contributed by atoms with E-state index in [2.05, 4.69) is 13.8 Å². The molecular formula is C15H22O3. The number of hydrogen-bond donors (Lipinski definition) is 1. The first-order valence-electron chi connectivity index (χ1n) is 6.78. The quantitative estimate of drug-likeness (QED) is 0.603. The second-order valence-corrected chi connectivity index (χ2v) is 6.12. The van der Waals surface area contributed by atoms with Gasteiger partial charge in [0.2, 0.25) is 0 Å². The van der Waals surface area contributed by atoms with E-state index in [0.717, 1.165) is 12.7 Å². The maximum Gasteiger partial charge on any atom is 0.137 e. The summed E-state index contributed by atoms with van der Waals surface area (Å²) in [7, 11) is 0. The fraction of sp³-hybridized carbons (Fsp3) is 0.733. The Hall–Kier alpha value is -0.960. The van der Waals surface area contributed by atoms with Crippen LogP contribution < -0.4 is 0 Å². The molecule has 0 aromatic carbocycles. The molecule has 1 saturated carbocycles. The third kappa shape index (κ3) is 1.85. The SMILES string of the molecule is CC(C=O)[C@H]1C(=O)CCC2=C[C@@H](O)C[C@H](C)[C@]21C. The summed E-state index contributed by atoms with van der Waals surface area (Å²) in [5, 5.41) is 9.85. The number of Topliss-reactive ketones (excluding diaryl/α,β-unsaturated/α-hetero) is 1. The average Bonchev–Trinajstić information content (AvgIpc) is 2.31. The summed E-state index contributed by atoms with van der Waals surface area (Å²) in [6.45, 7) is 6.01. The van der Waals surface area contributed by atoms with Crippen molar-refractivity contribution in [3.05, 3.63) is 11.6 Å². The highest BCUT2D eigenvalue weighted by molar-refractivity contribution is 5.86. The van der Waals surface area contributed by atoms with Gasteiger partial charge in [-0.25, -0.2) is 0 Å².